The predicted octanol–water partition coefficient (Wildman–Crippen LogP) is 3.74. The summed E-state index contributed by atoms with van der Waals surface area (Å²) in [4.78, 5) is 18.5. The Kier molecular flexibility index (Phi) is 10.0. The largest absolute Gasteiger partial charge is 0.384 e. The third-order valence-electron chi connectivity index (χ3n) is 4.80. The lowest BCUT2D eigenvalue weighted by Gasteiger charge is -2.40. The first kappa shape index (κ1) is 23.8. The maximum atomic E-state index is 12.8. The molecule has 6 nitrogen and oxygen atoms in total. The van der Waals surface area contributed by atoms with Gasteiger partial charge >= 0.3 is 0 Å². The van der Waals surface area contributed by atoms with Crippen LogP contribution in [0.1, 0.15) is 18.1 Å². The van der Waals surface area contributed by atoms with Crippen LogP contribution in [0.3, 0.4) is 0 Å². The molecule has 0 unspecified atom stereocenters. The number of alkyl halides is 1. The fraction of sp³-hybridized carbons (Fsp3) is 0.409. The maximum Gasteiger partial charge on any atom is 0.250 e. The molecule has 0 aromatic heterocycles. The van der Waals surface area contributed by atoms with Crippen molar-refractivity contribution in [1.82, 2.24) is 5.48 Å². The fourth-order valence-electron chi connectivity index (χ4n) is 3.01. The molecule has 29 heavy (non-hydrogen) atoms. The molecule has 2 N–H and O–H groups in total. The second-order valence-electron chi connectivity index (χ2n) is 6.70. The molecule has 0 saturated heterocycles. The van der Waals surface area contributed by atoms with Crippen LogP contribution in [0.5, 0.6) is 0 Å². The summed E-state index contributed by atoms with van der Waals surface area (Å²) in [5.41, 5.74) is 4.93. The predicted molar refractivity (Wildman–Crippen MR) is 123 cm³/mol. The summed E-state index contributed by atoms with van der Waals surface area (Å²) < 4.78 is 11.3. The quantitative estimate of drug-likeness (QED) is 0.321. The maximum absolute atomic E-state index is 12.8. The Bertz CT molecular complexity index is 757. The average Bonchev–Trinajstić information content (AvgIpc) is 2.75. The highest BCUT2D eigenvalue weighted by Crippen LogP contribution is 2.31. The molecular formula is C22H29IN2O4. The number of benzene rings is 2. The molecule has 1 aliphatic rings. The van der Waals surface area contributed by atoms with Crippen molar-refractivity contribution in [3.8, 4) is 0 Å². The number of methoxy groups -OCH3 is 2. The summed E-state index contributed by atoms with van der Waals surface area (Å²) in [5.74, 6) is -0.149. The molecule has 2 aromatic carbocycles. The highest BCUT2D eigenvalue weighted by Gasteiger charge is 2.47. The first-order chi connectivity index (χ1) is 14.1. The molecule has 0 saturated carbocycles. The summed E-state index contributed by atoms with van der Waals surface area (Å²) >= 11 is 2.26. The van der Waals surface area contributed by atoms with Gasteiger partial charge in [-0.1, -0.05) is 71.1 Å². The van der Waals surface area contributed by atoms with E-state index in [2.05, 4.69) is 38.1 Å². The standard InChI is InChI=1S/C19H22N2O3.C3H7IO/c1-14(23-2)19(21-24-13-15-8-4-3-5-9-15)12-16-10-6-7-11-17(16)20-18(19)22;1-5-3-2-4/h3-11,14,21H,12-13H2,1-2H3,(H,20,22);2-3H2,1H3/t14-,19+;/m0./s1. The van der Waals surface area contributed by atoms with Crippen LogP contribution in [0.4, 0.5) is 5.69 Å². The lowest BCUT2D eigenvalue weighted by atomic mass is 9.82. The van der Waals surface area contributed by atoms with E-state index in [0.717, 1.165) is 27.8 Å². The van der Waals surface area contributed by atoms with Crippen molar-refractivity contribution in [3.63, 3.8) is 0 Å². The molecule has 0 radical (unpaired) electrons. The molecule has 1 aliphatic heterocycles. The minimum atomic E-state index is -0.974. The van der Waals surface area contributed by atoms with Crippen molar-refractivity contribution < 1.29 is 19.1 Å². The molecule has 0 aliphatic carbocycles. The van der Waals surface area contributed by atoms with Crippen LogP contribution in [-0.4, -0.2) is 42.8 Å². The average molecular weight is 512 g/mol. The van der Waals surface area contributed by atoms with Gasteiger partial charge in [0.1, 0.15) is 0 Å². The molecule has 3 rings (SSSR count). The van der Waals surface area contributed by atoms with E-state index in [1.165, 1.54) is 0 Å². The summed E-state index contributed by atoms with van der Waals surface area (Å²) in [6, 6.07) is 17.6. The number of rotatable bonds is 8. The lowest BCUT2D eigenvalue weighted by molar-refractivity contribution is -0.143. The second kappa shape index (κ2) is 12.2. The van der Waals surface area contributed by atoms with Crippen LogP contribution in [0, 0.1) is 0 Å². The summed E-state index contributed by atoms with van der Waals surface area (Å²) in [6.07, 6.45) is 0.139. The van der Waals surface area contributed by atoms with Gasteiger partial charge in [-0.15, -0.1) is 0 Å². The zero-order valence-electron chi connectivity index (χ0n) is 17.1. The SMILES string of the molecule is COCCI.CO[C@@H](C)[C@]1(NOCc2ccccc2)Cc2ccccc2NC1=O. The molecule has 7 heteroatoms. The van der Waals surface area contributed by atoms with Gasteiger partial charge in [-0.05, 0) is 24.1 Å². The molecule has 0 spiro atoms. The van der Waals surface area contributed by atoms with Gasteiger partial charge in [0.05, 0.1) is 19.3 Å². The molecule has 2 aromatic rings. The molecule has 1 heterocycles. The Hall–Kier alpha value is -1.52. The van der Waals surface area contributed by atoms with E-state index >= 15 is 0 Å². The van der Waals surface area contributed by atoms with E-state index in [0.29, 0.717) is 13.0 Å². The molecule has 2 atom stereocenters. The molecular weight excluding hydrogens is 483 g/mol. The zero-order valence-corrected chi connectivity index (χ0v) is 19.3. The van der Waals surface area contributed by atoms with E-state index in [-0.39, 0.29) is 12.0 Å². The fourth-order valence-corrected chi connectivity index (χ4v) is 3.45. The number of carbonyl (C=O) groups excluding carboxylic acids is 1. The van der Waals surface area contributed by atoms with Crippen LogP contribution in [0.25, 0.3) is 0 Å². The highest BCUT2D eigenvalue weighted by atomic mass is 127. The number of ether oxygens (including phenoxy) is 2. The number of fused-ring (bicyclic) bond motifs is 1. The van der Waals surface area contributed by atoms with Gasteiger partial charge in [-0.2, -0.15) is 5.48 Å². The molecule has 158 valence electrons. The number of amides is 1. The zero-order chi connectivity index (χ0) is 21.1. The number of para-hydroxylation sites is 1. The molecule has 0 fully saturated rings. The van der Waals surface area contributed by atoms with Crippen molar-refractivity contribution in [2.75, 3.05) is 30.6 Å². The van der Waals surface area contributed by atoms with Crippen LogP contribution in [0.15, 0.2) is 54.6 Å². The second-order valence-corrected chi connectivity index (χ2v) is 7.77. The minimum absolute atomic E-state index is 0.149. The Morgan fingerprint density at radius 3 is 2.45 bits per heavy atom. The number of hydrogen-bond donors (Lipinski definition) is 2. The van der Waals surface area contributed by atoms with Crippen LogP contribution < -0.4 is 10.8 Å². The van der Waals surface area contributed by atoms with Crippen molar-refractivity contribution in [3.05, 3.63) is 65.7 Å². The Labute approximate surface area is 186 Å². The van der Waals surface area contributed by atoms with Crippen LogP contribution in [0.2, 0.25) is 0 Å². The summed E-state index contributed by atoms with van der Waals surface area (Å²) in [5, 5.41) is 2.95. The Balaban J connectivity index is 0.000000537. The topological polar surface area (TPSA) is 68.8 Å². The van der Waals surface area contributed by atoms with Gasteiger partial charge in [0.2, 0.25) is 5.91 Å². The van der Waals surface area contributed by atoms with Crippen molar-refractivity contribution in [2.45, 2.75) is 31.6 Å². The van der Waals surface area contributed by atoms with Crippen molar-refractivity contribution in [1.29, 1.82) is 0 Å². The van der Waals surface area contributed by atoms with E-state index in [1.807, 2.05) is 61.5 Å². The van der Waals surface area contributed by atoms with Crippen LogP contribution in [-0.2, 0) is 32.1 Å². The molecule has 1 amide bonds. The molecule has 0 bridgehead atoms. The van der Waals surface area contributed by atoms with E-state index in [1.54, 1.807) is 14.2 Å². The van der Waals surface area contributed by atoms with Gasteiger partial charge in [-0.3, -0.25) is 9.63 Å². The van der Waals surface area contributed by atoms with Gasteiger partial charge in [0.25, 0.3) is 0 Å². The summed E-state index contributed by atoms with van der Waals surface area (Å²) in [6.45, 7) is 3.11. The Morgan fingerprint density at radius 2 is 1.83 bits per heavy atom. The van der Waals surface area contributed by atoms with Gasteiger partial charge in [0, 0.05) is 30.8 Å². The third kappa shape index (κ3) is 6.48. The summed E-state index contributed by atoms with van der Waals surface area (Å²) in [7, 11) is 3.30. The number of nitrogens with one attached hydrogen (secondary N) is 2. The van der Waals surface area contributed by atoms with E-state index < -0.39 is 5.54 Å². The lowest BCUT2D eigenvalue weighted by Crippen LogP contribution is -2.64. The third-order valence-corrected chi connectivity index (χ3v) is 5.25. The first-order valence-electron chi connectivity index (χ1n) is 9.47. The van der Waals surface area contributed by atoms with Crippen molar-refractivity contribution >= 4 is 34.2 Å². The van der Waals surface area contributed by atoms with Crippen molar-refractivity contribution in [2.24, 2.45) is 0 Å². The van der Waals surface area contributed by atoms with Gasteiger partial charge < -0.3 is 14.8 Å². The van der Waals surface area contributed by atoms with Crippen LogP contribution >= 0.6 is 22.6 Å². The number of hydroxylamine groups is 1. The highest BCUT2D eigenvalue weighted by molar-refractivity contribution is 14.1. The monoisotopic (exact) mass is 512 g/mol. The van der Waals surface area contributed by atoms with Gasteiger partial charge in [-0.25, -0.2) is 0 Å². The number of anilines is 1. The number of halogens is 1. The smallest absolute Gasteiger partial charge is 0.250 e. The van der Waals surface area contributed by atoms with E-state index in [4.69, 9.17) is 9.57 Å². The first-order valence-corrected chi connectivity index (χ1v) is 11.0. The normalized spacial score (nSPS) is 18.8. The Morgan fingerprint density at radius 1 is 1.14 bits per heavy atom. The minimum Gasteiger partial charge on any atom is -0.384 e. The van der Waals surface area contributed by atoms with E-state index in [9.17, 15) is 4.79 Å². The number of carbonyl (C=O) groups is 1. The number of hydrogen-bond acceptors (Lipinski definition) is 5. The van der Waals surface area contributed by atoms with Gasteiger partial charge in [0.15, 0.2) is 5.54 Å².